The number of carbonyl (C=O) groups excluding carboxylic acids is 2. The SMILES string of the molecule is CN(C(=O)c1ccc2c(c1)CCC(=O)N2)C1CCS(=O)(=O)C1. The zero-order chi connectivity index (χ0) is 15.9. The molecule has 0 spiro atoms. The number of nitrogens with one attached hydrogen (secondary N) is 1. The number of aryl methyl sites for hydroxylation is 1. The Kier molecular flexibility index (Phi) is 3.68. The van der Waals surface area contributed by atoms with Crippen LogP contribution in [0.1, 0.15) is 28.8 Å². The summed E-state index contributed by atoms with van der Waals surface area (Å²) in [4.78, 5) is 25.4. The average molecular weight is 322 g/mol. The number of amides is 2. The Labute approximate surface area is 129 Å². The van der Waals surface area contributed by atoms with Gasteiger partial charge in [0, 0.05) is 30.8 Å². The molecule has 1 aromatic carbocycles. The van der Waals surface area contributed by atoms with Gasteiger partial charge in [-0.2, -0.15) is 0 Å². The van der Waals surface area contributed by atoms with Crippen LogP contribution in [0, 0.1) is 0 Å². The summed E-state index contributed by atoms with van der Waals surface area (Å²) < 4.78 is 23.1. The lowest BCUT2D eigenvalue weighted by atomic mass is 9.99. The summed E-state index contributed by atoms with van der Waals surface area (Å²) in [5.41, 5.74) is 2.22. The number of sulfone groups is 1. The predicted octanol–water partition coefficient (Wildman–Crippen LogP) is 0.830. The van der Waals surface area contributed by atoms with Crippen molar-refractivity contribution in [2.24, 2.45) is 0 Å². The maximum Gasteiger partial charge on any atom is 0.253 e. The van der Waals surface area contributed by atoms with E-state index in [1.807, 2.05) is 0 Å². The highest BCUT2D eigenvalue weighted by atomic mass is 32.2. The first-order valence-electron chi connectivity index (χ1n) is 7.26. The summed E-state index contributed by atoms with van der Waals surface area (Å²) in [6, 6.07) is 4.94. The highest BCUT2D eigenvalue weighted by Gasteiger charge is 2.33. The lowest BCUT2D eigenvalue weighted by Crippen LogP contribution is -2.37. The minimum absolute atomic E-state index is 0.0140. The monoisotopic (exact) mass is 322 g/mol. The van der Waals surface area contributed by atoms with Crippen LogP contribution in [-0.4, -0.2) is 49.7 Å². The standard InChI is InChI=1S/C15H18N2O4S/c1-17(12-6-7-22(20,21)9-12)15(19)11-2-4-13-10(8-11)3-5-14(18)16-13/h2,4,8,12H,3,5-7,9H2,1H3,(H,16,18). The molecule has 1 saturated heterocycles. The van der Waals surface area contributed by atoms with Crippen LogP contribution in [0.5, 0.6) is 0 Å². The van der Waals surface area contributed by atoms with E-state index in [0.29, 0.717) is 24.8 Å². The van der Waals surface area contributed by atoms with E-state index in [0.717, 1.165) is 11.3 Å². The zero-order valence-electron chi connectivity index (χ0n) is 12.3. The Morgan fingerprint density at radius 1 is 1.32 bits per heavy atom. The van der Waals surface area contributed by atoms with Crippen molar-refractivity contribution in [3.8, 4) is 0 Å². The maximum atomic E-state index is 12.5. The van der Waals surface area contributed by atoms with Gasteiger partial charge in [0.25, 0.3) is 5.91 Å². The smallest absolute Gasteiger partial charge is 0.253 e. The molecule has 1 aromatic rings. The molecule has 2 aliphatic heterocycles. The van der Waals surface area contributed by atoms with Crippen LogP contribution in [0.15, 0.2) is 18.2 Å². The quantitative estimate of drug-likeness (QED) is 0.874. The second kappa shape index (κ2) is 5.39. The first kappa shape index (κ1) is 15.0. The van der Waals surface area contributed by atoms with Gasteiger partial charge in [-0.15, -0.1) is 0 Å². The number of hydrogen-bond donors (Lipinski definition) is 1. The van der Waals surface area contributed by atoms with Crippen molar-refractivity contribution in [1.82, 2.24) is 4.90 Å². The molecular weight excluding hydrogens is 304 g/mol. The van der Waals surface area contributed by atoms with Gasteiger partial charge in [-0.1, -0.05) is 0 Å². The van der Waals surface area contributed by atoms with E-state index in [9.17, 15) is 18.0 Å². The van der Waals surface area contributed by atoms with E-state index in [-0.39, 0.29) is 29.4 Å². The lowest BCUT2D eigenvalue weighted by Gasteiger charge is -2.24. The fourth-order valence-electron chi connectivity index (χ4n) is 2.97. The molecule has 1 unspecified atom stereocenters. The van der Waals surface area contributed by atoms with Crippen molar-refractivity contribution in [2.45, 2.75) is 25.3 Å². The summed E-state index contributed by atoms with van der Waals surface area (Å²) >= 11 is 0. The zero-order valence-corrected chi connectivity index (χ0v) is 13.1. The van der Waals surface area contributed by atoms with Crippen molar-refractivity contribution in [3.05, 3.63) is 29.3 Å². The van der Waals surface area contributed by atoms with Crippen molar-refractivity contribution in [1.29, 1.82) is 0 Å². The fourth-order valence-corrected chi connectivity index (χ4v) is 4.74. The van der Waals surface area contributed by atoms with E-state index in [1.54, 1.807) is 25.2 Å². The van der Waals surface area contributed by atoms with Crippen LogP contribution < -0.4 is 5.32 Å². The van der Waals surface area contributed by atoms with E-state index in [4.69, 9.17) is 0 Å². The molecule has 6 nitrogen and oxygen atoms in total. The molecule has 0 radical (unpaired) electrons. The number of rotatable bonds is 2. The molecule has 118 valence electrons. The van der Waals surface area contributed by atoms with Crippen molar-refractivity contribution >= 4 is 27.3 Å². The van der Waals surface area contributed by atoms with E-state index in [1.165, 1.54) is 4.90 Å². The first-order valence-corrected chi connectivity index (χ1v) is 9.08. The van der Waals surface area contributed by atoms with Crippen molar-refractivity contribution in [3.63, 3.8) is 0 Å². The maximum absolute atomic E-state index is 12.5. The molecule has 7 heteroatoms. The lowest BCUT2D eigenvalue weighted by molar-refractivity contribution is -0.116. The van der Waals surface area contributed by atoms with Crippen LogP contribution in [0.3, 0.4) is 0 Å². The number of benzene rings is 1. The number of anilines is 1. The molecule has 1 N–H and O–H groups in total. The van der Waals surface area contributed by atoms with Crippen LogP contribution in [0.4, 0.5) is 5.69 Å². The second-order valence-corrected chi connectivity index (χ2v) is 8.12. The minimum atomic E-state index is -3.02. The number of nitrogens with zero attached hydrogens (tertiary/aromatic N) is 1. The molecule has 1 fully saturated rings. The van der Waals surface area contributed by atoms with E-state index < -0.39 is 9.84 Å². The van der Waals surface area contributed by atoms with Crippen molar-refractivity contribution < 1.29 is 18.0 Å². The Morgan fingerprint density at radius 3 is 2.77 bits per heavy atom. The summed E-state index contributed by atoms with van der Waals surface area (Å²) in [6.07, 6.45) is 1.52. The second-order valence-electron chi connectivity index (χ2n) is 5.89. The predicted molar refractivity (Wildman–Crippen MR) is 82.5 cm³/mol. The average Bonchev–Trinajstić information content (AvgIpc) is 2.85. The molecule has 1 atom stereocenters. The van der Waals surface area contributed by atoms with Gasteiger partial charge in [0.15, 0.2) is 9.84 Å². The van der Waals surface area contributed by atoms with Gasteiger partial charge in [0.1, 0.15) is 0 Å². The van der Waals surface area contributed by atoms with Crippen LogP contribution in [0.25, 0.3) is 0 Å². The van der Waals surface area contributed by atoms with Gasteiger partial charge >= 0.3 is 0 Å². The molecule has 0 saturated carbocycles. The van der Waals surface area contributed by atoms with Gasteiger partial charge in [0.2, 0.25) is 5.91 Å². The number of fused-ring (bicyclic) bond motifs is 1. The molecule has 22 heavy (non-hydrogen) atoms. The van der Waals surface area contributed by atoms with Gasteiger partial charge in [0.05, 0.1) is 11.5 Å². The molecule has 0 bridgehead atoms. The Balaban J connectivity index is 1.79. The van der Waals surface area contributed by atoms with Gasteiger partial charge in [-0.25, -0.2) is 8.42 Å². The minimum Gasteiger partial charge on any atom is -0.338 e. The third-order valence-electron chi connectivity index (χ3n) is 4.32. The molecule has 0 aromatic heterocycles. The Hall–Kier alpha value is -1.89. The Bertz CT molecular complexity index is 742. The highest BCUT2D eigenvalue weighted by Crippen LogP contribution is 2.25. The summed E-state index contributed by atoms with van der Waals surface area (Å²) in [5, 5.41) is 2.78. The van der Waals surface area contributed by atoms with Crippen LogP contribution in [0.2, 0.25) is 0 Å². The van der Waals surface area contributed by atoms with Crippen LogP contribution >= 0.6 is 0 Å². The molecule has 2 aliphatic rings. The topological polar surface area (TPSA) is 83.6 Å². The number of carbonyl (C=O) groups is 2. The third-order valence-corrected chi connectivity index (χ3v) is 6.07. The van der Waals surface area contributed by atoms with Crippen LogP contribution in [-0.2, 0) is 21.1 Å². The largest absolute Gasteiger partial charge is 0.338 e. The normalized spacial score (nSPS) is 22.8. The van der Waals surface area contributed by atoms with Crippen molar-refractivity contribution in [2.75, 3.05) is 23.9 Å². The highest BCUT2D eigenvalue weighted by molar-refractivity contribution is 7.91. The molecule has 2 heterocycles. The molecule has 3 rings (SSSR count). The van der Waals surface area contributed by atoms with Gasteiger partial charge < -0.3 is 10.2 Å². The summed E-state index contributed by atoms with van der Waals surface area (Å²) in [6.45, 7) is 0. The van der Waals surface area contributed by atoms with Gasteiger partial charge in [-0.3, -0.25) is 9.59 Å². The third kappa shape index (κ3) is 2.85. The summed E-state index contributed by atoms with van der Waals surface area (Å²) in [5.74, 6) is -0.0106. The summed E-state index contributed by atoms with van der Waals surface area (Å²) in [7, 11) is -1.37. The first-order chi connectivity index (χ1) is 10.4. The molecule has 2 amide bonds. The van der Waals surface area contributed by atoms with E-state index in [2.05, 4.69) is 5.32 Å². The van der Waals surface area contributed by atoms with Gasteiger partial charge in [-0.05, 0) is 36.6 Å². The number of hydrogen-bond acceptors (Lipinski definition) is 4. The fraction of sp³-hybridized carbons (Fsp3) is 0.467. The molecule has 0 aliphatic carbocycles. The molecular formula is C15H18N2O4S. The Morgan fingerprint density at radius 2 is 2.09 bits per heavy atom. The van der Waals surface area contributed by atoms with E-state index >= 15 is 0 Å².